The minimum Gasteiger partial charge on any atom is -0.386 e. The van der Waals surface area contributed by atoms with Crippen LogP contribution in [0, 0.1) is 6.57 Å². The van der Waals surface area contributed by atoms with E-state index in [2.05, 4.69) is 30.0 Å². The van der Waals surface area contributed by atoms with Crippen molar-refractivity contribution in [3.8, 4) is 0 Å². The van der Waals surface area contributed by atoms with Crippen molar-refractivity contribution in [2.45, 2.75) is 32.4 Å². The number of anilines is 3. The fourth-order valence-electron chi connectivity index (χ4n) is 3.37. The molecular formula is C22H22N6O. The van der Waals surface area contributed by atoms with Gasteiger partial charge in [-0.15, -0.1) is 0 Å². The van der Waals surface area contributed by atoms with Gasteiger partial charge in [0.05, 0.1) is 24.4 Å². The van der Waals surface area contributed by atoms with Crippen LogP contribution in [0.2, 0.25) is 0 Å². The van der Waals surface area contributed by atoms with Gasteiger partial charge in [0.2, 0.25) is 0 Å². The normalized spacial score (nSPS) is 13.5. The van der Waals surface area contributed by atoms with E-state index in [1.54, 1.807) is 26.4 Å². The van der Waals surface area contributed by atoms with Crippen LogP contribution in [-0.4, -0.2) is 26.6 Å². The highest BCUT2D eigenvalue weighted by Gasteiger charge is 2.22. The van der Waals surface area contributed by atoms with Crippen LogP contribution >= 0.6 is 0 Å². The Labute approximate surface area is 169 Å². The molecule has 0 amide bonds. The molecule has 2 aromatic heterocycles. The Morgan fingerprint density at radius 1 is 1.10 bits per heavy atom. The molecule has 3 aromatic rings. The lowest BCUT2D eigenvalue weighted by molar-refractivity contribution is 0.0782. The molecule has 1 aromatic carbocycles. The number of rotatable bonds is 4. The van der Waals surface area contributed by atoms with Gasteiger partial charge in [0.1, 0.15) is 18.0 Å². The second kappa shape index (κ2) is 7.49. The quantitative estimate of drug-likeness (QED) is 0.661. The van der Waals surface area contributed by atoms with E-state index in [4.69, 9.17) is 6.57 Å². The Morgan fingerprint density at radius 3 is 2.55 bits per heavy atom. The average molecular weight is 386 g/mol. The first-order chi connectivity index (χ1) is 13.9. The van der Waals surface area contributed by atoms with Crippen LogP contribution in [0.15, 0.2) is 48.9 Å². The van der Waals surface area contributed by atoms with E-state index < -0.39 is 5.60 Å². The first-order valence-corrected chi connectivity index (χ1v) is 9.45. The van der Waals surface area contributed by atoms with Gasteiger partial charge in [-0.1, -0.05) is 18.2 Å². The van der Waals surface area contributed by atoms with Crippen LogP contribution in [-0.2, 0) is 18.6 Å². The van der Waals surface area contributed by atoms with Crippen molar-refractivity contribution in [2.75, 3.05) is 16.8 Å². The van der Waals surface area contributed by atoms with E-state index >= 15 is 0 Å². The summed E-state index contributed by atoms with van der Waals surface area (Å²) in [6.45, 7) is 12.1. The van der Waals surface area contributed by atoms with E-state index in [1.165, 1.54) is 0 Å². The second-order valence-electron chi connectivity index (χ2n) is 7.56. The number of fused-ring (bicyclic) bond motifs is 1. The molecule has 146 valence electrons. The van der Waals surface area contributed by atoms with Crippen LogP contribution in [0.4, 0.5) is 23.0 Å². The van der Waals surface area contributed by atoms with Crippen LogP contribution in [0.1, 0.15) is 30.7 Å². The number of aromatic nitrogens is 3. The highest BCUT2D eigenvalue weighted by atomic mass is 16.3. The minimum absolute atomic E-state index is 0.642. The minimum atomic E-state index is -0.921. The lowest BCUT2D eigenvalue weighted by Crippen LogP contribution is -2.31. The largest absolute Gasteiger partial charge is 0.386 e. The summed E-state index contributed by atoms with van der Waals surface area (Å²) in [5, 5.41) is 13.4. The predicted molar refractivity (Wildman–Crippen MR) is 112 cm³/mol. The number of benzene rings is 1. The summed E-state index contributed by atoms with van der Waals surface area (Å²) in [7, 11) is 0. The highest BCUT2D eigenvalue weighted by molar-refractivity contribution is 5.60. The number of hydrogen-bond acceptors (Lipinski definition) is 6. The molecule has 1 aliphatic rings. The van der Waals surface area contributed by atoms with E-state index in [9.17, 15) is 5.11 Å². The Morgan fingerprint density at radius 2 is 1.90 bits per heavy atom. The number of hydrogen-bond donors (Lipinski definition) is 2. The van der Waals surface area contributed by atoms with Crippen molar-refractivity contribution >= 4 is 23.0 Å². The maximum atomic E-state index is 10.1. The lowest BCUT2D eigenvalue weighted by atomic mass is 10.0. The molecule has 1 aliphatic heterocycles. The van der Waals surface area contributed by atoms with Crippen LogP contribution in [0.25, 0.3) is 4.85 Å². The molecule has 0 spiro atoms. The standard InChI is InChI=1S/C22H22N6O/c1-22(2,29)15-4-9-20(24-12-15)27-21-18-10-11-28(13-19(18)25-14-26-21)17-7-5-16(23-3)6-8-17/h4-9,12,14,29H,10-11,13H2,1-2H3,(H,24,25,26,27). The molecule has 29 heavy (non-hydrogen) atoms. The van der Waals surface area contributed by atoms with E-state index in [1.807, 2.05) is 36.4 Å². The van der Waals surface area contributed by atoms with Crippen molar-refractivity contribution in [2.24, 2.45) is 0 Å². The van der Waals surface area contributed by atoms with E-state index in [0.29, 0.717) is 18.1 Å². The SMILES string of the molecule is [C-]#[N+]c1ccc(N2CCc3c(ncnc3Nc3ccc(C(C)(C)O)cn3)C2)cc1. The van der Waals surface area contributed by atoms with E-state index in [0.717, 1.165) is 41.3 Å². The first kappa shape index (κ1) is 18.8. The van der Waals surface area contributed by atoms with Gasteiger partial charge in [-0.3, -0.25) is 0 Å². The van der Waals surface area contributed by atoms with Gasteiger partial charge < -0.3 is 15.3 Å². The van der Waals surface area contributed by atoms with Gasteiger partial charge in [-0.2, -0.15) is 0 Å². The summed E-state index contributed by atoms with van der Waals surface area (Å²) in [5.74, 6) is 1.44. The molecule has 0 saturated carbocycles. The fraction of sp³-hybridized carbons (Fsp3) is 0.273. The van der Waals surface area contributed by atoms with Gasteiger partial charge >= 0.3 is 0 Å². The molecule has 4 rings (SSSR count). The third kappa shape index (κ3) is 4.03. The number of nitrogens with zero attached hydrogens (tertiary/aromatic N) is 5. The molecular weight excluding hydrogens is 364 g/mol. The molecule has 0 fully saturated rings. The van der Waals surface area contributed by atoms with E-state index in [-0.39, 0.29) is 0 Å². The van der Waals surface area contributed by atoms with Crippen LogP contribution in [0.3, 0.4) is 0 Å². The van der Waals surface area contributed by atoms with Crippen LogP contribution in [0.5, 0.6) is 0 Å². The maximum absolute atomic E-state index is 10.1. The zero-order valence-electron chi connectivity index (χ0n) is 16.4. The van der Waals surface area contributed by atoms with Gasteiger partial charge in [0.15, 0.2) is 5.69 Å². The molecule has 7 heteroatoms. The number of aliphatic hydroxyl groups is 1. The predicted octanol–water partition coefficient (Wildman–Crippen LogP) is 3.96. The maximum Gasteiger partial charge on any atom is 0.187 e. The summed E-state index contributed by atoms with van der Waals surface area (Å²) in [5.41, 5.74) is 3.64. The van der Waals surface area contributed by atoms with Gasteiger partial charge in [-0.25, -0.2) is 19.8 Å². The summed E-state index contributed by atoms with van der Waals surface area (Å²) < 4.78 is 0. The molecule has 0 aliphatic carbocycles. The Kier molecular flexibility index (Phi) is 4.87. The monoisotopic (exact) mass is 386 g/mol. The summed E-state index contributed by atoms with van der Waals surface area (Å²) in [6.07, 6.45) is 4.05. The van der Waals surface area contributed by atoms with Gasteiger partial charge in [0, 0.05) is 29.6 Å². The highest BCUT2D eigenvalue weighted by Crippen LogP contribution is 2.29. The van der Waals surface area contributed by atoms with Gasteiger partial charge in [-0.05, 0) is 38.5 Å². The molecule has 0 bridgehead atoms. The molecule has 2 N–H and O–H groups in total. The van der Waals surface area contributed by atoms with Gasteiger partial charge in [0.25, 0.3) is 0 Å². The zero-order chi connectivity index (χ0) is 20.4. The summed E-state index contributed by atoms with van der Waals surface area (Å²) in [4.78, 5) is 19.0. The van der Waals surface area contributed by atoms with Crippen molar-refractivity contribution < 1.29 is 5.11 Å². The van der Waals surface area contributed by atoms with Crippen LogP contribution < -0.4 is 10.2 Å². The smallest absolute Gasteiger partial charge is 0.187 e. The summed E-state index contributed by atoms with van der Waals surface area (Å²) in [6, 6.07) is 11.3. The summed E-state index contributed by atoms with van der Waals surface area (Å²) >= 11 is 0. The molecule has 0 atom stereocenters. The van der Waals surface area contributed by atoms with Crippen molar-refractivity contribution in [3.63, 3.8) is 0 Å². The van der Waals surface area contributed by atoms with Crippen molar-refractivity contribution in [1.29, 1.82) is 0 Å². The zero-order valence-corrected chi connectivity index (χ0v) is 16.4. The van der Waals surface area contributed by atoms with Crippen molar-refractivity contribution in [3.05, 3.63) is 77.2 Å². The van der Waals surface area contributed by atoms with Crippen molar-refractivity contribution in [1.82, 2.24) is 15.0 Å². The lowest BCUT2D eigenvalue weighted by Gasteiger charge is -2.30. The molecule has 0 radical (unpaired) electrons. The topological polar surface area (TPSA) is 78.5 Å². The average Bonchev–Trinajstić information content (AvgIpc) is 2.73. The number of pyridine rings is 1. The Hall–Kier alpha value is -3.50. The molecule has 0 unspecified atom stereocenters. The molecule has 7 nitrogen and oxygen atoms in total. The molecule has 3 heterocycles. The third-order valence-corrected chi connectivity index (χ3v) is 5.07. The second-order valence-corrected chi connectivity index (χ2v) is 7.56. The first-order valence-electron chi connectivity index (χ1n) is 9.45. The Bertz CT molecular complexity index is 1050. The number of nitrogens with one attached hydrogen (secondary N) is 1. The molecule has 0 saturated heterocycles. The fourth-order valence-corrected chi connectivity index (χ4v) is 3.37. The Balaban J connectivity index is 1.53. The third-order valence-electron chi connectivity index (χ3n) is 5.07.